The van der Waals surface area contributed by atoms with Gasteiger partial charge in [0, 0.05) is 5.41 Å². The Labute approximate surface area is 67.0 Å². The van der Waals surface area contributed by atoms with E-state index < -0.39 is 18.0 Å². The molecule has 11 heavy (non-hydrogen) atoms. The largest absolute Gasteiger partial charge is 0.369 e. The van der Waals surface area contributed by atoms with E-state index in [4.69, 9.17) is 5.73 Å². The molecule has 0 saturated heterocycles. The van der Waals surface area contributed by atoms with E-state index in [-0.39, 0.29) is 6.42 Å². The average Bonchev–Trinajstić information content (AvgIpc) is 1.88. The summed E-state index contributed by atoms with van der Waals surface area (Å²) in [6.45, 7) is 3.21. The van der Waals surface area contributed by atoms with Crippen molar-refractivity contribution >= 4 is 5.91 Å². The van der Waals surface area contributed by atoms with Crippen LogP contribution in [0.2, 0.25) is 0 Å². The van der Waals surface area contributed by atoms with Crippen molar-refractivity contribution < 1.29 is 9.18 Å². The number of halogens is 1. The first-order valence-electron chi connectivity index (χ1n) is 3.92. The Hall–Kier alpha value is -0.600. The van der Waals surface area contributed by atoms with Gasteiger partial charge < -0.3 is 5.73 Å². The molecule has 3 heteroatoms. The summed E-state index contributed by atoms with van der Waals surface area (Å²) in [5.41, 5.74) is 4.50. The van der Waals surface area contributed by atoms with Crippen molar-refractivity contribution in [2.24, 2.45) is 11.1 Å². The number of carbonyl (C=O) groups excluding carboxylic acids is 1. The fourth-order valence-electron chi connectivity index (χ4n) is 1.13. The van der Waals surface area contributed by atoms with Crippen molar-refractivity contribution in [2.45, 2.75) is 33.1 Å². The van der Waals surface area contributed by atoms with E-state index in [1.165, 1.54) is 0 Å². The van der Waals surface area contributed by atoms with Crippen molar-refractivity contribution in [2.75, 3.05) is 6.67 Å². The predicted molar refractivity (Wildman–Crippen MR) is 42.8 cm³/mol. The van der Waals surface area contributed by atoms with Gasteiger partial charge in [-0.2, -0.15) is 0 Å². The van der Waals surface area contributed by atoms with Crippen LogP contribution >= 0.6 is 0 Å². The maximum Gasteiger partial charge on any atom is 0.223 e. The summed E-state index contributed by atoms with van der Waals surface area (Å²) in [6, 6.07) is 0. The molecule has 2 nitrogen and oxygen atoms in total. The van der Waals surface area contributed by atoms with Gasteiger partial charge in [0.2, 0.25) is 5.91 Å². The molecule has 0 radical (unpaired) electrons. The molecule has 0 heterocycles. The summed E-state index contributed by atoms with van der Waals surface area (Å²) < 4.78 is 12.0. The molecule has 0 aliphatic carbocycles. The number of hydrogen-bond acceptors (Lipinski definition) is 1. The Morgan fingerprint density at radius 3 is 2.36 bits per heavy atom. The maximum atomic E-state index is 12.0. The summed E-state index contributed by atoms with van der Waals surface area (Å²) >= 11 is 0. The standard InChI is InChI=1S/C8H16FNO/c1-3-4-8(2,5-6-9)7(10)11/h3-6H2,1-2H3,(H2,10,11). The van der Waals surface area contributed by atoms with Gasteiger partial charge in [-0.15, -0.1) is 0 Å². The quantitative estimate of drug-likeness (QED) is 0.654. The Balaban J connectivity index is 4.13. The number of carbonyl (C=O) groups is 1. The van der Waals surface area contributed by atoms with Gasteiger partial charge in [-0.1, -0.05) is 20.3 Å². The summed E-state index contributed by atoms with van der Waals surface area (Å²) in [7, 11) is 0. The van der Waals surface area contributed by atoms with Crippen molar-refractivity contribution in [1.29, 1.82) is 0 Å². The van der Waals surface area contributed by atoms with Gasteiger partial charge in [0.05, 0.1) is 6.67 Å². The second-order valence-electron chi connectivity index (χ2n) is 3.11. The normalized spacial score (nSPS) is 15.9. The molecule has 2 N–H and O–H groups in total. The van der Waals surface area contributed by atoms with E-state index >= 15 is 0 Å². The lowest BCUT2D eigenvalue weighted by molar-refractivity contribution is -0.127. The van der Waals surface area contributed by atoms with Gasteiger partial charge in [-0.3, -0.25) is 9.18 Å². The number of amides is 1. The first kappa shape index (κ1) is 10.4. The molecule has 66 valence electrons. The Bertz CT molecular complexity index is 130. The van der Waals surface area contributed by atoms with Gasteiger partial charge in [0.1, 0.15) is 0 Å². The molecule has 0 aliphatic rings. The van der Waals surface area contributed by atoms with Crippen LogP contribution in [-0.2, 0) is 4.79 Å². The second kappa shape index (κ2) is 4.31. The number of hydrogen-bond donors (Lipinski definition) is 1. The van der Waals surface area contributed by atoms with Gasteiger partial charge in [0.15, 0.2) is 0 Å². The lowest BCUT2D eigenvalue weighted by Crippen LogP contribution is -2.34. The van der Waals surface area contributed by atoms with E-state index in [2.05, 4.69) is 0 Å². The highest BCUT2D eigenvalue weighted by atomic mass is 19.1. The van der Waals surface area contributed by atoms with Gasteiger partial charge in [-0.25, -0.2) is 0 Å². The summed E-state index contributed by atoms with van der Waals surface area (Å²) in [5, 5.41) is 0. The highest BCUT2D eigenvalue weighted by Crippen LogP contribution is 2.26. The zero-order chi connectivity index (χ0) is 8.91. The summed E-state index contributed by atoms with van der Waals surface area (Å²) in [5.74, 6) is -0.392. The van der Waals surface area contributed by atoms with E-state index in [1.807, 2.05) is 6.92 Å². The molecule has 0 aliphatic heterocycles. The van der Waals surface area contributed by atoms with Crippen LogP contribution in [0.1, 0.15) is 33.1 Å². The average molecular weight is 161 g/mol. The van der Waals surface area contributed by atoms with Crippen molar-refractivity contribution in [3.63, 3.8) is 0 Å². The second-order valence-corrected chi connectivity index (χ2v) is 3.11. The molecule has 0 saturated carbocycles. The highest BCUT2D eigenvalue weighted by Gasteiger charge is 2.29. The molecule has 0 fully saturated rings. The topological polar surface area (TPSA) is 43.1 Å². The predicted octanol–water partition coefficient (Wildman–Crippen LogP) is 1.64. The molecule has 0 spiro atoms. The number of rotatable bonds is 5. The Morgan fingerprint density at radius 1 is 1.55 bits per heavy atom. The number of primary amides is 1. The molecule has 1 atom stereocenters. The van der Waals surface area contributed by atoms with Crippen molar-refractivity contribution in [3.8, 4) is 0 Å². The van der Waals surface area contributed by atoms with Crippen LogP contribution in [0, 0.1) is 5.41 Å². The van der Waals surface area contributed by atoms with E-state index in [0.717, 1.165) is 6.42 Å². The minimum atomic E-state index is -0.635. The molecule has 1 unspecified atom stereocenters. The Kier molecular flexibility index (Phi) is 4.08. The van der Waals surface area contributed by atoms with Crippen molar-refractivity contribution in [3.05, 3.63) is 0 Å². The van der Waals surface area contributed by atoms with E-state index in [0.29, 0.717) is 6.42 Å². The molecule has 1 amide bonds. The van der Waals surface area contributed by atoms with Gasteiger partial charge in [-0.05, 0) is 12.8 Å². The maximum absolute atomic E-state index is 12.0. The molecular formula is C8H16FNO. The highest BCUT2D eigenvalue weighted by molar-refractivity contribution is 5.80. The molecule has 0 aromatic carbocycles. The van der Waals surface area contributed by atoms with Crippen LogP contribution in [0.5, 0.6) is 0 Å². The third-order valence-corrected chi connectivity index (χ3v) is 2.04. The lowest BCUT2D eigenvalue weighted by atomic mass is 9.82. The number of alkyl halides is 1. The lowest BCUT2D eigenvalue weighted by Gasteiger charge is -2.23. The van der Waals surface area contributed by atoms with Crippen LogP contribution in [0.3, 0.4) is 0 Å². The van der Waals surface area contributed by atoms with Gasteiger partial charge in [0.25, 0.3) is 0 Å². The summed E-state index contributed by atoms with van der Waals surface area (Å²) in [4.78, 5) is 10.9. The van der Waals surface area contributed by atoms with Crippen LogP contribution < -0.4 is 5.73 Å². The van der Waals surface area contributed by atoms with E-state index in [9.17, 15) is 9.18 Å². The zero-order valence-corrected chi connectivity index (χ0v) is 7.19. The first-order valence-corrected chi connectivity index (χ1v) is 3.92. The third kappa shape index (κ3) is 2.87. The van der Waals surface area contributed by atoms with Crippen molar-refractivity contribution in [1.82, 2.24) is 0 Å². The van der Waals surface area contributed by atoms with Crippen LogP contribution in [0.4, 0.5) is 4.39 Å². The SMILES string of the molecule is CCCC(C)(CCF)C(N)=O. The fraction of sp³-hybridized carbons (Fsp3) is 0.875. The summed E-state index contributed by atoms with van der Waals surface area (Å²) in [6.07, 6.45) is 1.78. The molecular weight excluding hydrogens is 145 g/mol. The van der Waals surface area contributed by atoms with Crippen LogP contribution in [-0.4, -0.2) is 12.6 Å². The van der Waals surface area contributed by atoms with Gasteiger partial charge >= 0.3 is 0 Å². The monoisotopic (exact) mass is 161 g/mol. The minimum absolute atomic E-state index is 0.246. The minimum Gasteiger partial charge on any atom is -0.369 e. The first-order chi connectivity index (χ1) is 5.06. The van der Waals surface area contributed by atoms with E-state index in [1.54, 1.807) is 6.92 Å². The smallest absolute Gasteiger partial charge is 0.223 e. The molecule has 0 aromatic rings. The van der Waals surface area contributed by atoms with Crippen LogP contribution in [0.25, 0.3) is 0 Å². The molecule has 0 rings (SSSR count). The number of nitrogens with two attached hydrogens (primary N) is 1. The molecule has 0 bridgehead atoms. The fourth-order valence-corrected chi connectivity index (χ4v) is 1.13. The third-order valence-electron chi connectivity index (χ3n) is 2.04. The molecule has 0 aromatic heterocycles. The Morgan fingerprint density at radius 2 is 2.09 bits per heavy atom. The van der Waals surface area contributed by atoms with Crippen LogP contribution in [0.15, 0.2) is 0 Å². The zero-order valence-electron chi connectivity index (χ0n) is 7.19.